The third-order valence-corrected chi connectivity index (χ3v) is 4.44. The Balaban J connectivity index is 1.80. The summed E-state index contributed by atoms with van der Waals surface area (Å²) in [5.41, 5.74) is 0. The second-order valence-corrected chi connectivity index (χ2v) is 5.09. The van der Waals surface area contributed by atoms with Gasteiger partial charge in [0, 0.05) is 11.0 Å². The average Bonchev–Trinajstić information content (AvgIpc) is 2.21. The van der Waals surface area contributed by atoms with Crippen molar-refractivity contribution in [2.24, 2.45) is 5.92 Å². The van der Waals surface area contributed by atoms with Gasteiger partial charge in [-0.25, -0.2) is 0 Å². The van der Waals surface area contributed by atoms with E-state index in [4.69, 9.17) is 8.37 Å². The number of hydrogen-bond acceptors (Lipinski definition) is 4. The standard InChI is InChI=1S/C8H14O2S2/c1-2-8(12-10-4-1)7-3-5-9-11-6-7/h7-8H,1-6H2. The van der Waals surface area contributed by atoms with Gasteiger partial charge in [0.2, 0.25) is 0 Å². The Morgan fingerprint density at radius 1 is 1.08 bits per heavy atom. The van der Waals surface area contributed by atoms with E-state index >= 15 is 0 Å². The quantitative estimate of drug-likeness (QED) is 0.613. The van der Waals surface area contributed by atoms with E-state index in [9.17, 15) is 0 Å². The van der Waals surface area contributed by atoms with Crippen LogP contribution in [0.25, 0.3) is 0 Å². The maximum atomic E-state index is 5.40. The molecular formula is C8H14O2S2. The molecule has 0 aromatic rings. The van der Waals surface area contributed by atoms with Gasteiger partial charge in [0.25, 0.3) is 0 Å². The zero-order valence-corrected chi connectivity index (χ0v) is 8.66. The van der Waals surface area contributed by atoms with Gasteiger partial charge in [0.05, 0.1) is 13.2 Å². The minimum Gasteiger partial charge on any atom is -0.315 e. The van der Waals surface area contributed by atoms with Crippen molar-refractivity contribution in [2.75, 3.05) is 19.0 Å². The lowest BCUT2D eigenvalue weighted by Crippen LogP contribution is -2.27. The summed E-state index contributed by atoms with van der Waals surface area (Å²) in [4.78, 5) is 0. The second-order valence-electron chi connectivity index (χ2n) is 3.25. The molecule has 70 valence electrons. The molecule has 0 radical (unpaired) electrons. The van der Waals surface area contributed by atoms with Crippen molar-refractivity contribution in [3.05, 3.63) is 0 Å². The van der Waals surface area contributed by atoms with Gasteiger partial charge in [0.1, 0.15) is 0 Å². The molecule has 0 saturated carbocycles. The third-order valence-electron chi connectivity index (χ3n) is 2.37. The lowest BCUT2D eigenvalue weighted by Gasteiger charge is -2.30. The highest BCUT2D eigenvalue weighted by atomic mass is 32.2. The van der Waals surface area contributed by atoms with Crippen molar-refractivity contribution in [1.29, 1.82) is 0 Å². The van der Waals surface area contributed by atoms with Gasteiger partial charge in [-0.05, 0) is 49.3 Å². The Bertz CT molecular complexity index is 115. The molecule has 2 aliphatic rings. The summed E-state index contributed by atoms with van der Waals surface area (Å²) in [5.74, 6) is 1.97. The van der Waals surface area contributed by atoms with Gasteiger partial charge in [-0.2, -0.15) is 0 Å². The summed E-state index contributed by atoms with van der Waals surface area (Å²) in [7, 11) is 0. The Labute approximate surface area is 82.2 Å². The molecule has 2 unspecified atom stereocenters. The SMILES string of the molecule is C1COSC(C2CCOSC2)C1. The fourth-order valence-corrected chi connectivity index (χ4v) is 3.66. The Hall–Kier alpha value is 0.620. The van der Waals surface area contributed by atoms with Gasteiger partial charge in [-0.1, -0.05) is 0 Å². The van der Waals surface area contributed by atoms with Crippen molar-refractivity contribution in [3.8, 4) is 0 Å². The third kappa shape index (κ3) is 2.31. The van der Waals surface area contributed by atoms with Gasteiger partial charge < -0.3 is 8.37 Å². The van der Waals surface area contributed by atoms with Crippen molar-refractivity contribution < 1.29 is 8.37 Å². The summed E-state index contributed by atoms with van der Waals surface area (Å²) in [5, 5.41) is 0.732. The maximum Gasteiger partial charge on any atom is 0.0617 e. The summed E-state index contributed by atoms with van der Waals surface area (Å²) >= 11 is 3.33. The molecule has 0 bridgehead atoms. The van der Waals surface area contributed by atoms with E-state index in [1.54, 1.807) is 24.1 Å². The molecule has 2 heterocycles. The molecule has 0 aromatic carbocycles. The molecule has 2 aliphatic heterocycles. The molecule has 2 atom stereocenters. The highest BCUT2D eigenvalue weighted by Crippen LogP contribution is 2.35. The minimum atomic E-state index is 0.732. The topological polar surface area (TPSA) is 18.5 Å². The fourth-order valence-electron chi connectivity index (χ4n) is 1.61. The van der Waals surface area contributed by atoms with Gasteiger partial charge in [-0.3, -0.25) is 0 Å². The zero-order valence-electron chi connectivity index (χ0n) is 7.03. The first kappa shape index (κ1) is 9.19. The van der Waals surface area contributed by atoms with E-state index in [2.05, 4.69) is 0 Å². The molecular weight excluding hydrogens is 192 g/mol. The molecule has 12 heavy (non-hydrogen) atoms. The molecule has 2 rings (SSSR count). The molecule has 2 fully saturated rings. The van der Waals surface area contributed by atoms with E-state index < -0.39 is 0 Å². The van der Waals surface area contributed by atoms with Crippen LogP contribution in [0.5, 0.6) is 0 Å². The van der Waals surface area contributed by atoms with Crippen molar-refractivity contribution >= 4 is 24.1 Å². The molecule has 0 aromatic heterocycles. The van der Waals surface area contributed by atoms with E-state index in [-0.39, 0.29) is 0 Å². The summed E-state index contributed by atoms with van der Waals surface area (Å²) in [6.07, 6.45) is 3.78. The molecule has 4 heteroatoms. The van der Waals surface area contributed by atoms with Crippen LogP contribution in [-0.2, 0) is 8.37 Å². The monoisotopic (exact) mass is 206 g/mol. The average molecular weight is 206 g/mol. The maximum absolute atomic E-state index is 5.40. The van der Waals surface area contributed by atoms with E-state index in [0.29, 0.717) is 0 Å². The lowest BCUT2D eigenvalue weighted by atomic mass is 10.00. The van der Waals surface area contributed by atoms with E-state index in [0.717, 1.165) is 30.1 Å². The zero-order chi connectivity index (χ0) is 8.23. The predicted octanol–water partition coefficient (Wildman–Crippen LogP) is 2.50. The predicted molar refractivity (Wildman–Crippen MR) is 53.1 cm³/mol. The molecule has 2 nitrogen and oxygen atoms in total. The molecule has 2 saturated heterocycles. The van der Waals surface area contributed by atoms with Crippen LogP contribution in [-0.4, -0.2) is 24.2 Å². The van der Waals surface area contributed by atoms with Crippen LogP contribution in [0.2, 0.25) is 0 Å². The van der Waals surface area contributed by atoms with Crippen molar-refractivity contribution in [3.63, 3.8) is 0 Å². The van der Waals surface area contributed by atoms with Crippen LogP contribution < -0.4 is 0 Å². The van der Waals surface area contributed by atoms with Crippen molar-refractivity contribution in [1.82, 2.24) is 0 Å². The van der Waals surface area contributed by atoms with Crippen LogP contribution >= 0.6 is 24.1 Å². The van der Waals surface area contributed by atoms with Gasteiger partial charge >= 0.3 is 0 Å². The second kappa shape index (κ2) is 4.74. The summed E-state index contributed by atoms with van der Waals surface area (Å²) < 4.78 is 10.7. The first-order chi connectivity index (χ1) is 5.97. The van der Waals surface area contributed by atoms with E-state index in [1.165, 1.54) is 19.3 Å². The molecule has 0 spiro atoms. The largest absolute Gasteiger partial charge is 0.315 e. The molecule has 0 N–H and O–H groups in total. The Morgan fingerprint density at radius 3 is 2.75 bits per heavy atom. The summed E-state index contributed by atoms with van der Waals surface area (Å²) in [6.45, 7) is 1.87. The number of rotatable bonds is 1. The first-order valence-corrected chi connectivity index (χ1v) is 6.21. The van der Waals surface area contributed by atoms with Crippen LogP contribution in [0.15, 0.2) is 0 Å². The Morgan fingerprint density at radius 2 is 2.08 bits per heavy atom. The fraction of sp³-hybridized carbons (Fsp3) is 1.00. The van der Waals surface area contributed by atoms with Crippen LogP contribution in [0.1, 0.15) is 19.3 Å². The van der Waals surface area contributed by atoms with Gasteiger partial charge in [0.15, 0.2) is 0 Å². The van der Waals surface area contributed by atoms with Gasteiger partial charge in [-0.15, -0.1) is 0 Å². The Kier molecular flexibility index (Phi) is 3.63. The summed E-state index contributed by atoms with van der Waals surface area (Å²) in [6, 6.07) is 0. The minimum absolute atomic E-state index is 0.732. The molecule has 0 amide bonds. The highest BCUT2D eigenvalue weighted by molar-refractivity contribution is 7.96. The number of hydrogen-bond donors (Lipinski definition) is 0. The van der Waals surface area contributed by atoms with Crippen molar-refractivity contribution in [2.45, 2.75) is 24.5 Å². The first-order valence-electron chi connectivity index (χ1n) is 4.49. The highest BCUT2D eigenvalue weighted by Gasteiger charge is 2.27. The van der Waals surface area contributed by atoms with Crippen LogP contribution in [0.4, 0.5) is 0 Å². The van der Waals surface area contributed by atoms with E-state index in [1.807, 2.05) is 0 Å². The smallest absolute Gasteiger partial charge is 0.0617 e. The normalized spacial score (nSPS) is 38.0. The lowest BCUT2D eigenvalue weighted by molar-refractivity contribution is 0.269. The molecule has 0 aliphatic carbocycles. The van der Waals surface area contributed by atoms with Crippen LogP contribution in [0, 0.1) is 5.92 Å². The van der Waals surface area contributed by atoms with Crippen LogP contribution in [0.3, 0.4) is 0 Å².